The van der Waals surface area contributed by atoms with Gasteiger partial charge in [0.25, 0.3) is 0 Å². The van der Waals surface area contributed by atoms with Crippen LogP contribution in [0.5, 0.6) is 11.5 Å². The van der Waals surface area contributed by atoms with Gasteiger partial charge in [-0.1, -0.05) is 38.1 Å². The largest absolute Gasteiger partial charge is 0.492 e. The number of rotatable bonds is 12. The summed E-state index contributed by atoms with van der Waals surface area (Å²) in [5.41, 5.74) is 5.30. The van der Waals surface area contributed by atoms with Crippen molar-refractivity contribution in [2.75, 3.05) is 78.9 Å². The summed E-state index contributed by atoms with van der Waals surface area (Å²) >= 11 is 0. The highest BCUT2D eigenvalue weighted by molar-refractivity contribution is 5.90. The number of nitrogens with zero attached hydrogens (tertiary/aromatic N) is 2. The van der Waals surface area contributed by atoms with Crippen molar-refractivity contribution in [1.29, 1.82) is 0 Å². The summed E-state index contributed by atoms with van der Waals surface area (Å²) in [5, 5.41) is 0. The Hall–Kier alpha value is -2.38. The van der Waals surface area contributed by atoms with E-state index in [1.807, 2.05) is 0 Å². The summed E-state index contributed by atoms with van der Waals surface area (Å²) in [6, 6.07) is 17.2. The first-order valence-electron chi connectivity index (χ1n) is 13.6. The Kier molecular flexibility index (Phi) is 10.7. The molecule has 0 atom stereocenters. The molecular weight excluding hydrogens is 452 g/mol. The second-order valence-corrected chi connectivity index (χ2v) is 9.32. The molecule has 2 aliphatic heterocycles. The van der Waals surface area contributed by atoms with Crippen LogP contribution < -0.4 is 9.47 Å². The highest BCUT2D eigenvalue weighted by Crippen LogP contribution is 2.33. The van der Waals surface area contributed by atoms with Crippen molar-refractivity contribution in [3.05, 3.63) is 59.7 Å². The maximum absolute atomic E-state index is 6.01. The number of morpholine rings is 2. The van der Waals surface area contributed by atoms with Gasteiger partial charge < -0.3 is 18.9 Å². The molecule has 2 aromatic carbocycles. The molecule has 6 heteroatoms. The van der Waals surface area contributed by atoms with Crippen LogP contribution in [0.15, 0.2) is 48.5 Å². The summed E-state index contributed by atoms with van der Waals surface area (Å²) in [7, 11) is 0. The van der Waals surface area contributed by atoms with Gasteiger partial charge >= 0.3 is 0 Å². The van der Waals surface area contributed by atoms with Crippen molar-refractivity contribution in [2.45, 2.75) is 26.7 Å². The lowest BCUT2D eigenvalue weighted by molar-refractivity contribution is 0.0321. The van der Waals surface area contributed by atoms with E-state index in [-0.39, 0.29) is 0 Å². The van der Waals surface area contributed by atoms with Gasteiger partial charge in [-0.2, -0.15) is 0 Å². The van der Waals surface area contributed by atoms with Crippen molar-refractivity contribution in [1.82, 2.24) is 9.80 Å². The van der Waals surface area contributed by atoms with Gasteiger partial charge in [-0.25, -0.2) is 0 Å². The Morgan fingerprint density at radius 1 is 0.611 bits per heavy atom. The van der Waals surface area contributed by atoms with Crippen LogP contribution in [0.4, 0.5) is 0 Å². The second-order valence-electron chi connectivity index (χ2n) is 9.32. The molecule has 4 rings (SSSR count). The SMILES string of the molecule is CC/C(=C(/CC)c1ccc(OCCN2CCOCC2)cc1)c1ccc(OCCN2CCOCC2)cc1. The third-order valence-corrected chi connectivity index (χ3v) is 7.04. The minimum Gasteiger partial charge on any atom is -0.492 e. The number of ether oxygens (including phenoxy) is 4. The van der Waals surface area contributed by atoms with Crippen molar-refractivity contribution in [2.24, 2.45) is 0 Å². The summed E-state index contributed by atoms with van der Waals surface area (Å²) < 4.78 is 22.9. The monoisotopic (exact) mass is 494 g/mol. The predicted molar refractivity (Wildman–Crippen MR) is 146 cm³/mol. The summed E-state index contributed by atoms with van der Waals surface area (Å²) in [6.07, 6.45) is 1.97. The van der Waals surface area contributed by atoms with Crippen LogP contribution in [-0.2, 0) is 9.47 Å². The fraction of sp³-hybridized carbons (Fsp3) is 0.533. The van der Waals surface area contributed by atoms with Gasteiger partial charge in [-0.15, -0.1) is 0 Å². The molecule has 0 N–H and O–H groups in total. The van der Waals surface area contributed by atoms with Crippen LogP contribution in [0, 0.1) is 0 Å². The van der Waals surface area contributed by atoms with E-state index in [0.29, 0.717) is 13.2 Å². The molecule has 0 spiro atoms. The van der Waals surface area contributed by atoms with Gasteiger partial charge in [-0.3, -0.25) is 9.80 Å². The first kappa shape index (κ1) is 26.7. The summed E-state index contributed by atoms with van der Waals surface area (Å²) in [5.74, 6) is 1.86. The standard InChI is InChI=1S/C30H42N2O4/c1-3-29(25-5-9-27(10-6-25)35-23-17-31-13-19-33-20-14-31)30(4-2)26-7-11-28(12-8-26)36-24-18-32-15-21-34-22-16-32/h5-12H,3-4,13-24H2,1-2H3/b30-29+. The molecule has 6 nitrogen and oxygen atoms in total. The Morgan fingerprint density at radius 3 is 1.31 bits per heavy atom. The Bertz CT molecular complexity index is 853. The number of benzene rings is 2. The third kappa shape index (κ3) is 7.81. The minimum atomic E-state index is 0.705. The fourth-order valence-electron chi connectivity index (χ4n) is 4.92. The Morgan fingerprint density at radius 2 is 0.972 bits per heavy atom. The van der Waals surface area contributed by atoms with Crippen LogP contribution in [0.1, 0.15) is 37.8 Å². The molecule has 0 radical (unpaired) electrons. The molecular formula is C30H42N2O4. The van der Waals surface area contributed by atoms with E-state index in [0.717, 1.165) is 90.0 Å². The van der Waals surface area contributed by atoms with Crippen LogP contribution >= 0.6 is 0 Å². The van der Waals surface area contributed by atoms with Crippen molar-refractivity contribution in [3.8, 4) is 11.5 Å². The van der Waals surface area contributed by atoms with E-state index < -0.39 is 0 Å². The minimum absolute atomic E-state index is 0.705. The average molecular weight is 495 g/mol. The Balaban J connectivity index is 1.33. The zero-order chi connectivity index (χ0) is 25.0. The molecule has 2 heterocycles. The first-order chi connectivity index (χ1) is 17.8. The molecule has 0 aromatic heterocycles. The molecule has 36 heavy (non-hydrogen) atoms. The average Bonchev–Trinajstić information content (AvgIpc) is 2.94. The van der Waals surface area contributed by atoms with E-state index in [2.05, 4.69) is 72.2 Å². The molecule has 0 saturated carbocycles. The zero-order valence-corrected chi connectivity index (χ0v) is 22.0. The molecule has 0 aliphatic carbocycles. The smallest absolute Gasteiger partial charge is 0.119 e. The predicted octanol–water partition coefficient (Wildman–Crippen LogP) is 4.84. The van der Waals surface area contributed by atoms with Crippen LogP contribution in [0.25, 0.3) is 11.1 Å². The highest BCUT2D eigenvalue weighted by atomic mass is 16.5. The van der Waals surface area contributed by atoms with Crippen molar-refractivity contribution < 1.29 is 18.9 Å². The molecule has 0 amide bonds. The second kappa shape index (κ2) is 14.4. The van der Waals surface area contributed by atoms with Gasteiger partial charge in [0.15, 0.2) is 0 Å². The Labute approximate surface area is 216 Å². The van der Waals surface area contributed by atoms with Gasteiger partial charge in [0, 0.05) is 39.3 Å². The van der Waals surface area contributed by atoms with E-state index in [1.165, 1.54) is 22.3 Å². The maximum Gasteiger partial charge on any atom is 0.119 e. The maximum atomic E-state index is 6.01. The van der Waals surface area contributed by atoms with E-state index in [1.54, 1.807) is 0 Å². The molecule has 196 valence electrons. The van der Waals surface area contributed by atoms with Gasteiger partial charge in [0.1, 0.15) is 24.7 Å². The van der Waals surface area contributed by atoms with E-state index in [4.69, 9.17) is 18.9 Å². The van der Waals surface area contributed by atoms with Crippen molar-refractivity contribution in [3.63, 3.8) is 0 Å². The quantitative estimate of drug-likeness (QED) is 0.394. The summed E-state index contributed by atoms with van der Waals surface area (Å²) in [6.45, 7) is 15.0. The van der Waals surface area contributed by atoms with Gasteiger partial charge in [-0.05, 0) is 59.4 Å². The zero-order valence-electron chi connectivity index (χ0n) is 22.0. The molecule has 2 fully saturated rings. The summed E-state index contributed by atoms with van der Waals surface area (Å²) in [4.78, 5) is 4.79. The fourth-order valence-corrected chi connectivity index (χ4v) is 4.92. The third-order valence-electron chi connectivity index (χ3n) is 7.04. The number of hydrogen-bond acceptors (Lipinski definition) is 6. The van der Waals surface area contributed by atoms with Crippen LogP contribution in [-0.4, -0.2) is 88.7 Å². The number of hydrogen-bond donors (Lipinski definition) is 0. The molecule has 0 bridgehead atoms. The van der Waals surface area contributed by atoms with Crippen molar-refractivity contribution >= 4 is 11.1 Å². The van der Waals surface area contributed by atoms with E-state index >= 15 is 0 Å². The molecule has 2 saturated heterocycles. The molecule has 2 aliphatic rings. The van der Waals surface area contributed by atoms with E-state index in [9.17, 15) is 0 Å². The molecule has 2 aromatic rings. The molecule has 0 unspecified atom stereocenters. The lowest BCUT2D eigenvalue weighted by atomic mass is 9.91. The topological polar surface area (TPSA) is 43.4 Å². The lowest BCUT2D eigenvalue weighted by Crippen LogP contribution is -2.38. The first-order valence-corrected chi connectivity index (χ1v) is 13.6. The highest BCUT2D eigenvalue weighted by Gasteiger charge is 2.12. The van der Waals surface area contributed by atoms with Gasteiger partial charge in [0.05, 0.1) is 26.4 Å². The lowest BCUT2D eigenvalue weighted by Gasteiger charge is -2.26. The van der Waals surface area contributed by atoms with Crippen LogP contribution in [0.3, 0.4) is 0 Å². The van der Waals surface area contributed by atoms with Gasteiger partial charge in [0.2, 0.25) is 0 Å². The van der Waals surface area contributed by atoms with Crippen LogP contribution in [0.2, 0.25) is 0 Å². The normalized spacial score (nSPS) is 18.1. The number of allylic oxidation sites excluding steroid dienone is 2.